The molecular formula is C12H14FN3. The second-order valence-electron chi connectivity index (χ2n) is 4.75. The molecule has 0 spiro atoms. The standard InChI is InChI=1S/C12H14FN3/c13-9-5-8-6-10(16-11(8)15-7-9)1-2-12(14)3-4-12/h5-7H,1-4,14H2,(H,15,16). The molecule has 3 rings (SSSR count). The van der Waals surface area contributed by atoms with E-state index in [1.165, 1.54) is 12.3 Å². The van der Waals surface area contributed by atoms with Gasteiger partial charge in [0.25, 0.3) is 0 Å². The Morgan fingerprint density at radius 3 is 3.00 bits per heavy atom. The zero-order valence-electron chi connectivity index (χ0n) is 8.96. The molecule has 0 radical (unpaired) electrons. The van der Waals surface area contributed by atoms with E-state index < -0.39 is 0 Å². The minimum Gasteiger partial charge on any atom is -0.343 e. The summed E-state index contributed by atoms with van der Waals surface area (Å²) in [6.45, 7) is 0. The molecule has 1 saturated carbocycles. The Balaban J connectivity index is 1.82. The van der Waals surface area contributed by atoms with Gasteiger partial charge in [0.1, 0.15) is 11.5 Å². The number of fused-ring (bicyclic) bond motifs is 1. The zero-order valence-corrected chi connectivity index (χ0v) is 8.96. The summed E-state index contributed by atoms with van der Waals surface area (Å²) in [5.74, 6) is -0.296. The number of nitrogens with one attached hydrogen (secondary N) is 1. The van der Waals surface area contributed by atoms with Gasteiger partial charge in [0.2, 0.25) is 0 Å². The van der Waals surface area contributed by atoms with Crippen LogP contribution in [-0.4, -0.2) is 15.5 Å². The van der Waals surface area contributed by atoms with Crippen molar-refractivity contribution in [3.05, 3.63) is 29.8 Å². The molecule has 1 aliphatic rings. The predicted molar refractivity (Wildman–Crippen MR) is 60.5 cm³/mol. The van der Waals surface area contributed by atoms with Crippen LogP contribution in [0, 0.1) is 5.82 Å². The molecule has 3 nitrogen and oxygen atoms in total. The van der Waals surface area contributed by atoms with Crippen molar-refractivity contribution in [1.82, 2.24) is 9.97 Å². The van der Waals surface area contributed by atoms with Gasteiger partial charge in [-0.05, 0) is 37.8 Å². The fraction of sp³-hybridized carbons (Fsp3) is 0.417. The second-order valence-corrected chi connectivity index (χ2v) is 4.75. The second kappa shape index (κ2) is 3.28. The maximum Gasteiger partial charge on any atom is 0.142 e. The van der Waals surface area contributed by atoms with E-state index in [4.69, 9.17) is 5.73 Å². The van der Waals surface area contributed by atoms with E-state index in [0.717, 1.165) is 42.4 Å². The Bertz CT molecular complexity index is 528. The summed E-state index contributed by atoms with van der Waals surface area (Å²) in [5.41, 5.74) is 7.92. The van der Waals surface area contributed by atoms with E-state index in [1.54, 1.807) is 0 Å². The van der Waals surface area contributed by atoms with Crippen LogP contribution >= 0.6 is 0 Å². The van der Waals surface area contributed by atoms with Gasteiger partial charge in [0, 0.05) is 16.6 Å². The summed E-state index contributed by atoms with van der Waals surface area (Å²) in [5, 5.41) is 0.830. The van der Waals surface area contributed by atoms with Gasteiger partial charge in [-0.15, -0.1) is 0 Å². The predicted octanol–water partition coefficient (Wildman–Crippen LogP) is 2.13. The molecular weight excluding hydrogens is 205 g/mol. The van der Waals surface area contributed by atoms with Crippen molar-refractivity contribution in [2.45, 2.75) is 31.2 Å². The van der Waals surface area contributed by atoms with Crippen molar-refractivity contribution >= 4 is 11.0 Å². The van der Waals surface area contributed by atoms with Gasteiger partial charge < -0.3 is 10.7 Å². The Hall–Kier alpha value is -1.42. The molecule has 0 aliphatic heterocycles. The van der Waals surface area contributed by atoms with Gasteiger partial charge in [-0.25, -0.2) is 9.37 Å². The number of nitrogens with zero attached hydrogens (tertiary/aromatic N) is 1. The van der Waals surface area contributed by atoms with Crippen LogP contribution < -0.4 is 5.73 Å². The zero-order chi connectivity index (χ0) is 11.2. The highest BCUT2D eigenvalue weighted by Crippen LogP contribution is 2.36. The number of hydrogen-bond acceptors (Lipinski definition) is 2. The first-order valence-corrected chi connectivity index (χ1v) is 5.57. The van der Waals surface area contributed by atoms with E-state index in [2.05, 4.69) is 9.97 Å². The Morgan fingerprint density at radius 1 is 1.44 bits per heavy atom. The number of rotatable bonds is 3. The molecule has 2 aromatic heterocycles. The van der Waals surface area contributed by atoms with Crippen molar-refractivity contribution in [3.8, 4) is 0 Å². The van der Waals surface area contributed by atoms with Gasteiger partial charge in [-0.3, -0.25) is 0 Å². The quantitative estimate of drug-likeness (QED) is 0.830. The van der Waals surface area contributed by atoms with Crippen molar-refractivity contribution in [2.24, 2.45) is 5.73 Å². The van der Waals surface area contributed by atoms with Crippen LogP contribution in [0.5, 0.6) is 0 Å². The number of nitrogens with two attached hydrogens (primary N) is 1. The summed E-state index contributed by atoms with van der Waals surface area (Å²) in [6.07, 6.45) is 5.38. The van der Waals surface area contributed by atoms with Gasteiger partial charge in [0.15, 0.2) is 0 Å². The maximum absolute atomic E-state index is 12.9. The van der Waals surface area contributed by atoms with E-state index >= 15 is 0 Å². The third kappa shape index (κ3) is 1.80. The number of hydrogen-bond donors (Lipinski definition) is 2. The normalized spacial score (nSPS) is 17.9. The molecule has 2 aromatic rings. The molecule has 0 bridgehead atoms. The summed E-state index contributed by atoms with van der Waals surface area (Å²) < 4.78 is 12.9. The Morgan fingerprint density at radius 2 is 2.25 bits per heavy atom. The fourth-order valence-electron chi connectivity index (χ4n) is 1.97. The SMILES string of the molecule is NC1(CCc2cc3cc(F)cnc3[nH]2)CC1. The minimum absolute atomic E-state index is 0.0654. The van der Waals surface area contributed by atoms with Crippen molar-refractivity contribution in [2.75, 3.05) is 0 Å². The first kappa shape index (κ1) is 9.78. The summed E-state index contributed by atoms with van der Waals surface area (Å²) >= 11 is 0. The molecule has 1 fully saturated rings. The monoisotopic (exact) mass is 219 g/mol. The molecule has 0 aromatic carbocycles. The van der Waals surface area contributed by atoms with E-state index in [-0.39, 0.29) is 11.4 Å². The number of aromatic amines is 1. The first-order valence-electron chi connectivity index (χ1n) is 5.57. The number of pyridine rings is 1. The highest BCUT2D eigenvalue weighted by Gasteiger charge is 2.37. The molecule has 1 aliphatic carbocycles. The van der Waals surface area contributed by atoms with Gasteiger partial charge in [-0.2, -0.15) is 0 Å². The van der Waals surface area contributed by atoms with Crippen LogP contribution in [0.15, 0.2) is 18.3 Å². The summed E-state index contributed by atoms with van der Waals surface area (Å²) in [6, 6.07) is 3.45. The van der Waals surface area contributed by atoms with Gasteiger partial charge >= 0.3 is 0 Å². The van der Waals surface area contributed by atoms with Gasteiger partial charge in [0.05, 0.1) is 6.20 Å². The van der Waals surface area contributed by atoms with E-state index in [0.29, 0.717) is 0 Å². The minimum atomic E-state index is -0.296. The Labute approximate surface area is 92.9 Å². The van der Waals surface area contributed by atoms with Crippen molar-refractivity contribution in [3.63, 3.8) is 0 Å². The van der Waals surface area contributed by atoms with Crippen LogP contribution in [0.1, 0.15) is 25.0 Å². The van der Waals surface area contributed by atoms with Crippen LogP contribution in [-0.2, 0) is 6.42 Å². The smallest absolute Gasteiger partial charge is 0.142 e. The van der Waals surface area contributed by atoms with Crippen LogP contribution in [0.2, 0.25) is 0 Å². The molecule has 84 valence electrons. The summed E-state index contributed by atoms with van der Waals surface area (Å²) in [4.78, 5) is 7.19. The third-order valence-corrected chi connectivity index (χ3v) is 3.28. The molecule has 0 saturated heterocycles. The van der Waals surface area contributed by atoms with Crippen molar-refractivity contribution < 1.29 is 4.39 Å². The highest BCUT2D eigenvalue weighted by atomic mass is 19.1. The molecule has 0 atom stereocenters. The lowest BCUT2D eigenvalue weighted by Gasteiger charge is -2.05. The molecule has 0 amide bonds. The molecule has 3 N–H and O–H groups in total. The van der Waals surface area contributed by atoms with Crippen LogP contribution in [0.4, 0.5) is 4.39 Å². The lowest BCUT2D eigenvalue weighted by atomic mass is 10.1. The number of H-pyrrole nitrogens is 1. The average molecular weight is 219 g/mol. The third-order valence-electron chi connectivity index (χ3n) is 3.28. The molecule has 16 heavy (non-hydrogen) atoms. The topological polar surface area (TPSA) is 54.7 Å². The molecule has 4 heteroatoms. The van der Waals surface area contributed by atoms with E-state index in [1.807, 2.05) is 6.07 Å². The number of aryl methyl sites for hydroxylation is 1. The lowest BCUT2D eigenvalue weighted by molar-refractivity contribution is 0.605. The van der Waals surface area contributed by atoms with E-state index in [9.17, 15) is 4.39 Å². The highest BCUT2D eigenvalue weighted by molar-refractivity contribution is 5.76. The Kier molecular flexibility index (Phi) is 2.01. The maximum atomic E-state index is 12.9. The van der Waals surface area contributed by atoms with Crippen molar-refractivity contribution in [1.29, 1.82) is 0 Å². The van der Waals surface area contributed by atoms with Crippen LogP contribution in [0.25, 0.3) is 11.0 Å². The first-order chi connectivity index (χ1) is 7.65. The lowest BCUT2D eigenvalue weighted by Crippen LogP contribution is -2.22. The summed E-state index contributed by atoms with van der Waals surface area (Å²) in [7, 11) is 0. The number of halogens is 1. The van der Waals surface area contributed by atoms with Gasteiger partial charge in [-0.1, -0.05) is 0 Å². The fourth-order valence-corrected chi connectivity index (χ4v) is 1.97. The largest absolute Gasteiger partial charge is 0.343 e. The molecule has 2 heterocycles. The average Bonchev–Trinajstić information content (AvgIpc) is 2.85. The number of aromatic nitrogens is 2. The molecule has 0 unspecified atom stereocenters. The van der Waals surface area contributed by atoms with Crippen LogP contribution in [0.3, 0.4) is 0 Å².